The summed E-state index contributed by atoms with van der Waals surface area (Å²) >= 11 is 0. The van der Waals surface area contributed by atoms with Gasteiger partial charge in [-0.25, -0.2) is 4.39 Å². The third kappa shape index (κ3) is 3.50. The molecule has 0 unspecified atom stereocenters. The van der Waals surface area contributed by atoms with Crippen LogP contribution in [0.5, 0.6) is 0 Å². The van der Waals surface area contributed by atoms with Crippen LogP contribution in [-0.4, -0.2) is 17.6 Å². The molecule has 0 aliphatic rings. The van der Waals surface area contributed by atoms with E-state index < -0.39 is 30.0 Å². The van der Waals surface area contributed by atoms with Gasteiger partial charge in [-0.2, -0.15) is 8.78 Å². The van der Waals surface area contributed by atoms with Crippen LogP contribution in [0.1, 0.15) is 37.9 Å². The minimum Gasteiger partial charge on any atom is -0.390 e. The van der Waals surface area contributed by atoms with Crippen LogP contribution in [0.3, 0.4) is 0 Å². The van der Waals surface area contributed by atoms with Crippen LogP contribution in [0.15, 0.2) is 18.2 Å². The molecule has 0 aliphatic heterocycles. The number of hydrogen-bond donors (Lipinski definition) is 2. The summed E-state index contributed by atoms with van der Waals surface area (Å²) in [4.78, 5) is 11.6. The molecule has 1 aromatic rings. The highest BCUT2D eigenvalue weighted by molar-refractivity contribution is 5.78. The average molecular weight is 289 g/mol. The summed E-state index contributed by atoms with van der Waals surface area (Å²) in [6.07, 6.45) is 0. The second kappa shape index (κ2) is 6.26. The van der Waals surface area contributed by atoms with Gasteiger partial charge in [0.15, 0.2) is 0 Å². The SMILES string of the molecule is CC(C)C(=O)N[C@H](C)c1cccc(C(F)(F)CO)c1F. The van der Waals surface area contributed by atoms with Crippen molar-refractivity contribution >= 4 is 5.91 Å². The van der Waals surface area contributed by atoms with Crippen molar-refractivity contribution < 1.29 is 23.1 Å². The third-order valence-corrected chi connectivity index (χ3v) is 2.97. The van der Waals surface area contributed by atoms with Gasteiger partial charge in [0.05, 0.1) is 11.6 Å². The zero-order valence-corrected chi connectivity index (χ0v) is 11.6. The van der Waals surface area contributed by atoms with Crippen LogP contribution < -0.4 is 5.32 Å². The van der Waals surface area contributed by atoms with Crippen molar-refractivity contribution in [3.8, 4) is 0 Å². The Morgan fingerprint density at radius 2 is 1.95 bits per heavy atom. The number of benzene rings is 1. The number of carbonyl (C=O) groups is 1. The molecular formula is C14H18F3NO2. The Morgan fingerprint density at radius 3 is 2.45 bits per heavy atom. The maximum Gasteiger partial charge on any atom is 0.298 e. The van der Waals surface area contributed by atoms with E-state index in [1.54, 1.807) is 13.8 Å². The van der Waals surface area contributed by atoms with Crippen molar-refractivity contribution in [2.75, 3.05) is 6.61 Å². The first-order chi connectivity index (χ1) is 9.20. The van der Waals surface area contributed by atoms with Crippen molar-refractivity contribution in [2.24, 2.45) is 5.92 Å². The Hall–Kier alpha value is -1.56. The molecule has 0 fully saturated rings. The Morgan fingerprint density at radius 1 is 1.35 bits per heavy atom. The monoisotopic (exact) mass is 289 g/mol. The van der Waals surface area contributed by atoms with E-state index in [9.17, 15) is 18.0 Å². The maximum absolute atomic E-state index is 14.1. The molecule has 1 amide bonds. The molecule has 0 radical (unpaired) electrons. The van der Waals surface area contributed by atoms with Gasteiger partial charge < -0.3 is 10.4 Å². The van der Waals surface area contributed by atoms with Gasteiger partial charge in [-0.3, -0.25) is 4.79 Å². The van der Waals surface area contributed by atoms with Gasteiger partial charge in [0.1, 0.15) is 12.4 Å². The van der Waals surface area contributed by atoms with Crippen molar-refractivity contribution in [1.29, 1.82) is 0 Å². The van der Waals surface area contributed by atoms with Crippen molar-refractivity contribution in [1.82, 2.24) is 5.32 Å². The third-order valence-electron chi connectivity index (χ3n) is 2.97. The van der Waals surface area contributed by atoms with E-state index in [-0.39, 0.29) is 17.4 Å². The lowest BCUT2D eigenvalue weighted by Gasteiger charge is -2.20. The molecular weight excluding hydrogens is 271 g/mol. The fraction of sp³-hybridized carbons (Fsp3) is 0.500. The molecule has 0 aromatic heterocycles. The first kappa shape index (κ1) is 16.5. The van der Waals surface area contributed by atoms with E-state index in [1.807, 2.05) is 0 Å². The summed E-state index contributed by atoms with van der Waals surface area (Å²) in [5, 5.41) is 11.2. The van der Waals surface area contributed by atoms with E-state index in [2.05, 4.69) is 5.32 Å². The lowest BCUT2D eigenvalue weighted by molar-refractivity contribution is -0.124. The summed E-state index contributed by atoms with van der Waals surface area (Å²) in [6, 6.07) is 2.79. The summed E-state index contributed by atoms with van der Waals surface area (Å²) in [5.74, 6) is -5.34. The molecule has 0 bridgehead atoms. The molecule has 1 rings (SSSR count). The summed E-state index contributed by atoms with van der Waals surface area (Å²) in [6.45, 7) is 3.39. The van der Waals surface area contributed by atoms with Crippen molar-refractivity contribution in [2.45, 2.75) is 32.7 Å². The highest BCUT2D eigenvalue weighted by Crippen LogP contribution is 2.32. The molecule has 2 N–H and O–H groups in total. The fourth-order valence-corrected chi connectivity index (χ4v) is 1.71. The van der Waals surface area contributed by atoms with Crippen LogP contribution in [0.2, 0.25) is 0 Å². The molecule has 0 spiro atoms. The largest absolute Gasteiger partial charge is 0.390 e. The number of nitrogens with one attached hydrogen (secondary N) is 1. The molecule has 20 heavy (non-hydrogen) atoms. The fourth-order valence-electron chi connectivity index (χ4n) is 1.71. The number of rotatable bonds is 5. The summed E-state index contributed by atoms with van der Waals surface area (Å²) in [5.41, 5.74) is -0.909. The number of halogens is 3. The number of hydrogen-bond acceptors (Lipinski definition) is 2. The van der Waals surface area contributed by atoms with Crippen LogP contribution in [0.4, 0.5) is 13.2 Å². The van der Waals surface area contributed by atoms with Crippen molar-refractivity contribution in [3.05, 3.63) is 35.1 Å². The lowest BCUT2D eigenvalue weighted by Crippen LogP contribution is -2.31. The first-order valence-corrected chi connectivity index (χ1v) is 6.28. The van der Waals surface area contributed by atoms with Gasteiger partial charge in [-0.15, -0.1) is 0 Å². The van der Waals surface area contributed by atoms with Gasteiger partial charge in [0.2, 0.25) is 5.91 Å². The van der Waals surface area contributed by atoms with Crippen molar-refractivity contribution in [3.63, 3.8) is 0 Å². The summed E-state index contributed by atoms with van der Waals surface area (Å²) < 4.78 is 40.9. The standard InChI is InChI=1S/C14H18F3NO2/c1-8(2)13(20)18-9(3)10-5-4-6-11(12(10)15)14(16,17)7-19/h4-6,8-9,19H,7H2,1-3H3,(H,18,20)/t9-/m1/s1. The molecule has 6 heteroatoms. The highest BCUT2D eigenvalue weighted by Gasteiger charge is 2.35. The van der Waals surface area contributed by atoms with Crippen LogP contribution >= 0.6 is 0 Å². The molecule has 0 aliphatic carbocycles. The molecule has 1 atom stereocenters. The topological polar surface area (TPSA) is 49.3 Å². The Kier molecular flexibility index (Phi) is 5.16. The normalized spacial score (nSPS) is 13.4. The maximum atomic E-state index is 14.1. The van der Waals surface area contributed by atoms with Crippen LogP contribution in [-0.2, 0) is 10.7 Å². The van der Waals surface area contributed by atoms with E-state index >= 15 is 0 Å². The van der Waals surface area contributed by atoms with E-state index in [4.69, 9.17) is 5.11 Å². The zero-order valence-electron chi connectivity index (χ0n) is 11.6. The van der Waals surface area contributed by atoms with Gasteiger partial charge in [0.25, 0.3) is 5.92 Å². The minimum absolute atomic E-state index is 0.0374. The van der Waals surface area contributed by atoms with Gasteiger partial charge >= 0.3 is 0 Å². The number of amides is 1. The smallest absolute Gasteiger partial charge is 0.298 e. The molecule has 0 heterocycles. The number of alkyl halides is 2. The first-order valence-electron chi connectivity index (χ1n) is 6.28. The molecule has 112 valence electrons. The Labute approximate surface area is 115 Å². The Balaban J connectivity index is 3.09. The minimum atomic E-state index is -3.65. The van der Waals surface area contributed by atoms with Gasteiger partial charge in [-0.05, 0) is 13.0 Å². The highest BCUT2D eigenvalue weighted by atomic mass is 19.3. The van der Waals surface area contributed by atoms with Crippen LogP contribution in [0.25, 0.3) is 0 Å². The van der Waals surface area contributed by atoms with Gasteiger partial charge in [-0.1, -0.05) is 26.0 Å². The van der Waals surface area contributed by atoms with E-state index in [0.29, 0.717) is 0 Å². The van der Waals surface area contributed by atoms with E-state index in [0.717, 1.165) is 6.07 Å². The second-order valence-corrected chi connectivity index (χ2v) is 4.96. The molecule has 3 nitrogen and oxygen atoms in total. The molecule has 0 saturated carbocycles. The van der Waals surface area contributed by atoms with Crippen LogP contribution in [0, 0.1) is 11.7 Å². The Bertz CT molecular complexity index is 489. The zero-order chi connectivity index (χ0) is 15.5. The molecule has 0 saturated heterocycles. The predicted octanol–water partition coefficient (Wildman–Crippen LogP) is 2.74. The summed E-state index contributed by atoms with van der Waals surface area (Å²) in [7, 11) is 0. The van der Waals surface area contributed by atoms with E-state index in [1.165, 1.54) is 19.1 Å². The predicted molar refractivity (Wildman–Crippen MR) is 68.8 cm³/mol. The van der Waals surface area contributed by atoms with Gasteiger partial charge in [0, 0.05) is 11.5 Å². The second-order valence-electron chi connectivity index (χ2n) is 4.96. The number of aliphatic hydroxyl groups is 1. The molecule has 1 aromatic carbocycles. The average Bonchev–Trinajstić information content (AvgIpc) is 2.38. The number of aliphatic hydroxyl groups excluding tert-OH is 1. The lowest BCUT2D eigenvalue weighted by atomic mass is 10.00. The number of carbonyl (C=O) groups excluding carboxylic acids is 1. The quantitative estimate of drug-likeness (QED) is 0.875.